The molecule has 0 saturated carbocycles. The van der Waals surface area contributed by atoms with Crippen LogP contribution in [0.1, 0.15) is 22.5 Å². The number of benzene rings is 2. The fraction of sp³-hybridized carbons (Fsp3) is 0.200. The van der Waals surface area contributed by atoms with E-state index in [2.05, 4.69) is 10.6 Å². The lowest BCUT2D eigenvalue weighted by Crippen LogP contribution is -2.30. The highest BCUT2D eigenvalue weighted by Gasteiger charge is 2.08. The maximum Gasteiger partial charge on any atom is 0.286 e. The van der Waals surface area contributed by atoms with Gasteiger partial charge in [0.15, 0.2) is 5.76 Å². The molecule has 2 N–H and O–H groups in total. The lowest BCUT2D eigenvalue weighted by Gasteiger charge is -2.08. The standard InChI is InChI=1S/C20H20N2O4/c1-25-17-7-6-15-11-14(4-5-16(15)12-17)13-22-19(23)8-9-21-20(24)18-3-2-10-26-18/h2-7,10-12H,8-9,13H2,1H3,(H,21,24)(H,22,23). The molecule has 0 fully saturated rings. The monoisotopic (exact) mass is 352 g/mol. The van der Waals surface area contributed by atoms with Crippen LogP contribution in [0.25, 0.3) is 10.8 Å². The molecular weight excluding hydrogens is 332 g/mol. The van der Waals surface area contributed by atoms with Gasteiger partial charge in [-0.15, -0.1) is 0 Å². The first-order chi connectivity index (χ1) is 12.7. The summed E-state index contributed by atoms with van der Waals surface area (Å²) in [4.78, 5) is 23.6. The molecule has 0 aliphatic rings. The number of amides is 2. The molecule has 2 amide bonds. The van der Waals surface area contributed by atoms with Gasteiger partial charge in [-0.1, -0.05) is 18.2 Å². The van der Waals surface area contributed by atoms with E-state index in [-0.39, 0.29) is 30.5 Å². The molecular formula is C20H20N2O4. The molecule has 0 radical (unpaired) electrons. The SMILES string of the molecule is COc1ccc2cc(CNC(=O)CCNC(=O)c3ccco3)ccc2c1. The molecule has 0 aliphatic carbocycles. The molecule has 2 aromatic carbocycles. The van der Waals surface area contributed by atoms with Gasteiger partial charge in [0.1, 0.15) is 5.75 Å². The zero-order chi connectivity index (χ0) is 18.4. The highest BCUT2D eigenvalue weighted by atomic mass is 16.5. The van der Waals surface area contributed by atoms with Gasteiger partial charge in [-0.05, 0) is 46.7 Å². The fourth-order valence-electron chi connectivity index (χ4n) is 2.58. The molecule has 3 aromatic rings. The number of rotatable bonds is 7. The number of carbonyl (C=O) groups is 2. The molecule has 3 rings (SSSR count). The van der Waals surface area contributed by atoms with Gasteiger partial charge in [-0.2, -0.15) is 0 Å². The Morgan fingerprint density at radius 2 is 1.85 bits per heavy atom. The van der Waals surface area contributed by atoms with Gasteiger partial charge in [0.25, 0.3) is 5.91 Å². The van der Waals surface area contributed by atoms with E-state index < -0.39 is 0 Å². The van der Waals surface area contributed by atoms with Gasteiger partial charge < -0.3 is 19.8 Å². The van der Waals surface area contributed by atoms with E-state index in [1.54, 1.807) is 19.2 Å². The van der Waals surface area contributed by atoms with Crippen molar-refractivity contribution in [2.45, 2.75) is 13.0 Å². The second kappa shape index (κ2) is 8.20. The average molecular weight is 352 g/mol. The Labute approximate surface area is 151 Å². The first-order valence-corrected chi connectivity index (χ1v) is 8.31. The highest BCUT2D eigenvalue weighted by molar-refractivity contribution is 5.91. The summed E-state index contributed by atoms with van der Waals surface area (Å²) in [5.74, 6) is 0.598. The number of carbonyl (C=O) groups excluding carboxylic acids is 2. The zero-order valence-electron chi connectivity index (χ0n) is 14.5. The van der Waals surface area contributed by atoms with Gasteiger partial charge in [0.05, 0.1) is 13.4 Å². The van der Waals surface area contributed by atoms with E-state index in [9.17, 15) is 9.59 Å². The Bertz CT molecular complexity index is 903. The third-order valence-corrected chi connectivity index (χ3v) is 3.98. The number of hydrogen-bond acceptors (Lipinski definition) is 4. The Morgan fingerprint density at radius 1 is 1.04 bits per heavy atom. The normalized spacial score (nSPS) is 10.5. The van der Waals surface area contributed by atoms with Crippen molar-refractivity contribution >= 4 is 22.6 Å². The minimum Gasteiger partial charge on any atom is -0.497 e. The summed E-state index contributed by atoms with van der Waals surface area (Å²) in [6.45, 7) is 0.690. The molecule has 1 aromatic heterocycles. The van der Waals surface area contributed by atoms with Gasteiger partial charge in [-0.25, -0.2) is 0 Å². The number of nitrogens with one attached hydrogen (secondary N) is 2. The van der Waals surface area contributed by atoms with Crippen molar-refractivity contribution < 1.29 is 18.7 Å². The number of ether oxygens (including phenoxy) is 1. The predicted molar refractivity (Wildman–Crippen MR) is 98.0 cm³/mol. The molecule has 0 unspecified atom stereocenters. The van der Waals surface area contributed by atoms with Crippen molar-refractivity contribution in [3.05, 3.63) is 66.1 Å². The summed E-state index contributed by atoms with van der Waals surface area (Å²) < 4.78 is 10.2. The summed E-state index contributed by atoms with van der Waals surface area (Å²) >= 11 is 0. The minimum atomic E-state index is -0.326. The molecule has 6 nitrogen and oxygen atoms in total. The van der Waals surface area contributed by atoms with Crippen LogP contribution in [0.15, 0.2) is 59.2 Å². The molecule has 0 saturated heterocycles. The van der Waals surface area contributed by atoms with Gasteiger partial charge in [0.2, 0.25) is 5.91 Å². The van der Waals surface area contributed by atoms with E-state index in [0.29, 0.717) is 6.54 Å². The van der Waals surface area contributed by atoms with Crippen LogP contribution in [-0.2, 0) is 11.3 Å². The summed E-state index contributed by atoms with van der Waals surface area (Å²) in [6, 6.07) is 15.1. The van der Waals surface area contributed by atoms with Gasteiger partial charge >= 0.3 is 0 Å². The number of methoxy groups -OCH3 is 1. The minimum absolute atomic E-state index is 0.125. The number of furan rings is 1. The van der Waals surface area contributed by atoms with Crippen molar-refractivity contribution in [3.63, 3.8) is 0 Å². The quantitative estimate of drug-likeness (QED) is 0.685. The topological polar surface area (TPSA) is 80.6 Å². The first-order valence-electron chi connectivity index (χ1n) is 8.31. The smallest absolute Gasteiger partial charge is 0.286 e. The molecule has 0 spiro atoms. The highest BCUT2D eigenvalue weighted by Crippen LogP contribution is 2.21. The van der Waals surface area contributed by atoms with Gasteiger partial charge in [-0.3, -0.25) is 9.59 Å². The van der Waals surface area contributed by atoms with Crippen LogP contribution in [0.4, 0.5) is 0 Å². The van der Waals surface area contributed by atoms with E-state index in [4.69, 9.17) is 9.15 Å². The molecule has 0 aliphatic heterocycles. The summed E-state index contributed by atoms with van der Waals surface area (Å²) in [7, 11) is 1.64. The third-order valence-electron chi connectivity index (χ3n) is 3.98. The Hall–Kier alpha value is -3.28. The van der Waals surface area contributed by atoms with Gasteiger partial charge in [0, 0.05) is 19.5 Å². The molecule has 134 valence electrons. The Kier molecular flexibility index (Phi) is 5.53. The van der Waals surface area contributed by atoms with Crippen molar-refractivity contribution in [2.75, 3.05) is 13.7 Å². The average Bonchev–Trinajstić information content (AvgIpc) is 3.20. The van der Waals surface area contributed by atoms with E-state index in [1.165, 1.54) is 6.26 Å². The summed E-state index contributed by atoms with van der Waals surface area (Å²) in [5.41, 5.74) is 1.01. The van der Waals surface area contributed by atoms with Crippen LogP contribution < -0.4 is 15.4 Å². The van der Waals surface area contributed by atoms with Crippen LogP contribution in [0.3, 0.4) is 0 Å². The summed E-state index contributed by atoms with van der Waals surface area (Å²) in [5, 5.41) is 7.67. The predicted octanol–water partition coefficient (Wildman–Crippen LogP) is 2.88. The fourth-order valence-corrected chi connectivity index (χ4v) is 2.58. The lowest BCUT2D eigenvalue weighted by molar-refractivity contribution is -0.121. The van der Waals surface area contributed by atoms with Crippen LogP contribution in [0.2, 0.25) is 0 Å². The summed E-state index contributed by atoms with van der Waals surface area (Å²) in [6.07, 6.45) is 1.64. The maximum absolute atomic E-state index is 11.9. The van der Waals surface area contributed by atoms with Crippen LogP contribution in [0, 0.1) is 0 Å². The first kappa shape index (κ1) is 17.5. The molecule has 26 heavy (non-hydrogen) atoms. The van der Waals surface area contributed by atoms with Crippen LogP contribution >= 0.6 is 0 Å². The van der Waals surface area contributed by atoms with Crippen LogP contribution in [0.5, 0.6) is 5.75 Å². The van der Waals surface area contributed by atoms with Crippen molar-refractivity contribution in [3.8, 4) is 5.75 Å². The lowest BCUT2D eigenvalue weighted by atomic mass is 10.1. The largest absolute Gasteiger partial charge is 0.497 e. The maximum atomic E-state index is 11.9. The van der Waals surface area contributed by atoms with Crippen molar-refractivity contribution in [2.24, 2.45) is 0 Å². The second-order valence-electron chi connectivity index (χ2n) is 5.81. The van der Waals surface area contributed by atoms with E-state index in [0.717, 1.165) is 22.1 Å². The second-order valence-corrected chi connectivity index (χ2v) is 5.81. The molecule has 0 atom stereocenters. The van der Waals surface area contributed by atoms with E-state index >= 15 is 0 Å². The number of fused-ring (bicyclic) bond motifs is 1. The zero-order valence-corrected chi connectivity index (χ0v) is 14.5. The Morgan fingerprint density at radius 3 is 2.62 bits per heavy atom. The number of hydrogen-bond donors (Lipinski definition) is 2. The van der Waals surface area contributed by atoms with Crippen molar-refractivity contribution in [1.82, 2.24) is 10.6 Å². The third kappa shape index (κ3) is 4.42. The molecule has 6 heteroatoms. The van der Waals surface area contributed by atoms with Crippen molar-refractivity contribution in [1.29, 1.82) is 0 Å². The Balaban J connectivity index is 1.46. The molecule has 1 heterocycles. The van der Waals surface area contributed by atoms with E-state index in [1.807, 2.05) is 36.4 Å². The van der Waals surface area contributed by atoms with Crippen LogP contribution in [-0.4, -0.2) is 25.5 Å². The molecule has 0 bridgehead atoms.